The lowest BCUT2D eigenvalue weighted by Crippen LogP contribution is -2.35. The topological polar surface area (TPSA) is 103 Å². The summed E-state index contributed by atoms with van der Waals surface area (Å²) in [5.74, 6) is -0.528. The number of carboxylic acids is 1. The number of carbonyl (C=O) groups excluding carboxylic acids is 1. The Labute approximate surface area is 197 Å². The predicted molar refractivity (Wildman–Crippen MR) is 125 cm³/mol. The fraction of sp³-hybridized carbons (Fsp3) is 0.231. The number of ether oxygens (including phenoxy) is 4. The summed E-state index contributed by atoms with van der Waals surface area (Å²) in [4.78, 5) is 24.7. The molecule has 3 aromatic carbocycles. The van der Waals surface area contributed by atoms with Crippen molar-refractivity contribution in [2.45, 2.75) is 12.0 Å². The Morgan fingerprint density at radius 2 is 1.41 bits per heavy atom. The van der Waals surface area contributed by atoms with Gasteiger partial charge in [0.05, 0.1) is 21.3 Å². The Hall–Kier alpha value is -4.20. The number of rotatable bonds is 8. The molecule has 8 nitrogen and oxygen atoms in total. The second-order valence-corrected chi connectivity index (χ2v) is 7.70. The standard InChI is InChI=1S/C26H25NO7/c1-31-21-12-15(13-22(32-2)24(21)33-3)23(25(28)29)27-26(30)34-14-20-18-10-6-4-8-16(18)17-9-5-7-11-19(17)20/h4-13,20,23H,14H2,1-3H3,(H,27,30)(H,28,29)/t23-/m1/s1. The molecule has 34 heavy (non-hydrogen) atoms. The van der Waals surface area contributed by atoms with Crippen molar-refractivity contribution >= 4 is 12.1 Å². The van der Waals surface area contributed by atoms with E-state index in [-0.39, 0.29) is 29.6 Å². The van der Waals surface area contributed by atoms with Gasteiger partial charge in [0.15, 0.2) is 17.5 Å². The van der Waals surface area contributed by atoms with Gasteiger partial charge in [0.1, 0.15) is 6.61 Å². The number of hydrogen-bond donors (Lipinski definition) is 2. The largest absolute Gasteiger partial charge is 0.493 e. The summed E-state index contributed by atoms with van der Waals surface area (Å²) in [6, 6.07) is 17.5. The van der Waals surface area contributed by atoms with Crippen LogP contribution in [0.5, 0.6) is 17.2 Å². The molecule has 1 atom stereocenters. The number of methoxy groups -OCH3 is 3. The molecule has 0 heterocycles. The highest BCUT2D eigenvalue weighted by Crippen LogP contribution is 2.44. The Balaban J connectivity index is 1.53. The van der Waals surface area contributed by atoms with Crippen molar-refractivity contribution in [1.29, 1.82) is 0 Å². The van der Waals surface area contributed by atoms with Crippen LogP contribution in [0.25, 0.3) is 11.1 Å². The van der Waals surface area contributed by atoms with Crippen molar-refractivity contribution in [2.75, 3.05) is 27.9 Å². The van der Waals surface area contributed by atoms with Crippen molar-refractivity contribution in [3.8, 4) is 28.4 Å². The Bertz CT molecular complexity index is 1150. The molecule has 0 radical (unpaired) electrons. The Morgan fingerprint density at radius 3 is 1.88 bits per heavy atom. The lowest BCUT2D eigenvalue weighted by atomic mass is 9.98. The molecule has 0 aliphatic heterocycles. The first-order chi connectivity index (χ1) is 16.5. The zero-order chi connectivity index (χ0) is 24.2. The van der Waals surface area contributed by atoms with Gasteiger partial charge < -0.3 is 29.4 Å². The van der Waals surface area contributed by atoms with Gasteiger partial charge in [-0.05, 0) is 39.9 Å². The predicted octanol–water partition coefficient (Wildman–Crippen LogP) is 4.38. The molecule has 0 aromatic heterocycles. The smallest absolute Gasteiger partial charge is 0.408 e. The third kappa shape index (κ3) is 4.22. The van der Waals surface area contributed by atoms with Crippen LogP contribution in [0.2, 0.25) is 0 Å². The average molecular weight is 463 g/mol. The maximum absolute atomic E-state index is 12.7. The van der Waals surface area contributed by atoms with Gasteiger partial charge in [-0.25, -0.2) is 9.59 Å². The molecule has 0 saturated carbocycles. The van der Waals surface area contributed by atoms with Crippen LogP contribution in [0, 0.1) is 0 Å². The number of alkyl carbamates (subject to hydrolysis) is 1. The number of nitrogens with one attached hydrogen (secondary N) is 1. The number of fused-ring (bicyclic) bond motifs is 3. The number of carbonyl (C=O) groups is 2. The molecule has 0 bridgehead atoms. The van der Waals surface area contributed by atoms with Gasteiger partial charge >= 0.3 is 12.1 Å². The molecule has 1 aliphatic carbocycles. The first kappa shape index (κ1) is 23.0. The van der Waals surface area contributed by atoms with E-state index in [4.69, 9.17) is 18.9 Å². The molecule has 0 fully saturated rings. The first-order valence-corrected chi connectivity index (χ1v) is 10.6. The molecular formula is C26H25NO7. The van der Waals surface area contributed by atoms with Gasteiger partial charge in [-0.3, -0.25) is 0 Å². The van der Waals surface area contributed by atoms with E-state index >= 15 is 0 Å². The van der Waals surface area contributed by atoms with Crippen LogP contribution in [-0.2, 0) is 9.53 Å². The molecule has 3 aromatic rings. The molecule has 1 aliphatic rings. The third-order valence-electron chi connectivity index (χ3n) is 5.87. The van der Waals surface area contributed by atoms with Crippen LogP contribution in [-0.4, -0.2) is 45.1 Å². The van der Waals surface area contributed by atoms with Crippen LogP contribution in [0.3, 0.4) is 0 Å². The van der Waals surface area contributed by atoms with E-state index < -0.39 is 18.1 Å². The van der Waals surface area contributed by atoms with Crippen molar-refractivity contribution in [1.82, 2.24) is 5.32 Å². The molecule has 176 valence electrons. The minimum Gasteiger partial charge on any atom is -0.493 e. The molecule has 0 unspecified atom stereocenters. The average Bonchev–Trinajstić information content (AvgIpc) is 3.18. The minimum atomic E-state index is -1.38. The molecule has 4 rings (SSSR count). The highest BCUT2D eigenvalue weighted by molar-refractivity contribution is 5.82. The normalized spacial score (nSPS) is 12.8. The molecular weight excluding hydrogens is 438 g/mol. The van der Waals surface area contributed by atoms with Crippen molar-refractivity contribution in [3.63, 3.8) is 0 Å². The van der Waals surface area contributed by atoms with Gasteiger partial charge in [-0.1, -0.05) is 48.5 Å². The zero-order valence-corrected chi connectivity index (χ0v) is 19.0. The molecule has 1 amide bonds. The third-order valence-corrected chi connectivity index (χ3v) is 5.87. The quantitative estimate of drug-likeness (QED) is 0.511. The second kappa shape index (κ2) is 9.74. The van der Waals surface area contributed by atoms with E-state index in [1.807, 2.05) is 48.5 Å². The monoisotopic (exact) mass is 463 g/mol. The summed E-state index contributed by atoms with van der Waals surface area (Å²) < 4.78 is 21.4. The number of hydrogen-bond acceptors (Lipinski definition) is 6. The van der Waals surface area contributed by atoms with E-state index in [1.165, 1.54) is 33.5 Å². The Kier molecular flexibility index (Phi) is 6.58. The SMILES string of the molecule is COc1cc([C@@H](NC(=O)OCC2c3ccccc3-c3ccccc32)C(=O)O)cc(OC)c1OC. The highest BCUT2D eigenvalue weighted by atomic mass is 16.5. The summed E-state index contributed by atoms with van der Waals surface area (Å²) in [6.45, 7) is 0.0709. The maximum atomic E-state index is 12.7. The summed E-state index contributed by atoms with van der Waals surface area (Å²) in [6.07, 6.45) is -0.844. The van der Waals surface area contributed by atoms with Gasteiger partial charge in [0, 0.05) is 5.92 Å². The number of benzene rings is 3. The van der Waals surface area contributed by atoms with E-state index in [1.54, 1.807) is 0 Å². The summed E-state index contributed by atoms with van der Waals surface area (Å²) in [5.41, 5.74) is 4.59. The van der Waals surface area contributed by atoms with Gasteiger partial charge in [-0.2, -0.15) is 0 Å². The molecule has 2 N–H and O–H groups in total. The van der Waals surface area contributed by atoms with Crippen molar-refractivity contribution in [2.24, 2.45) is 0 Å². The zero-order valence-electron chi connectivity index (χ0n) is 19.0. The lowest BCUT2D eigenvalue weighted by Gasteiger charge is -2.20. The fourth-order valence-electron chi connectivity index (χ4n) is 4.31. The van der Waals surface area contributed by atoms with Crippen LogP contribution < -0.4 is 19.5 Å². The van der Waals surface area contributed by atoms with E-state index in [0.29, 0.717) is 5.75 Å². The fourth-order valence-corrected chi connectivity index (χ4v) is 4.31. The summed E-state index contributed by atoms with van der Waals surface area (Å²) in [7, 11) is 4.30. The summed E-state index contributed by atoms with van der Waals surface area (Å²) in [5, 5.41) is 12.2. The number of carboxylic acid groups (broad SMARTS) is 1. The van der Waals surface area contributed by atoms with Gasteiger partial charge in [0.2, 0.25) is 5.75 Å². The van der Waals surface area contributed by atoms with E-state index in [9.17, 15) is 14.7 Å². The molecule has 8 heteroatoms. The second-order valence-electron chi connectivity index (χ2n) is 7.70. The van der Waals surface area contributed by atoms with E-state index in [0.717, 1.165) is 22.3 Å². The van der Waals surface area contributed by atoms with Crippen LogP contribution in [0.15, 0.2) is 60.7 Å². The highest BCUT2D eigenvalue weighted by Gasteiger charge is 2.30. The molecule has 0 spiro atoms. The van der Waals surface area contributed by atoms with E-state index in [2.05, 4.69) is 5.32 Å². The number of aliphatic carboxylic acids is 1. The Morgan fingerprint density at radius 1 is 0.882 bits per heavy atom. The first-order valence-electron chi connectivity index (χ1n) is 10.6. The van der Waals surface area contributed by atoms with Crippen LogP contribution >= 0.6 is 0 Å². The van der Waals surface area contributed by atoms with Crippen molar-refractivity contribution < 1.29 is 33.6 Å². The maximum Gasteiger partial charge on any atom is 0.408 e. The van der Waals surface area contributed by atoms with Crippen molar-refractivity contribution in [3.05, 3.63) is 77.4 Å². The van der Waals surface area contributed by atoms with Gasteiger partial charge in [-0.15, -0.1) is 0 Å². The minimum absolute atomic E-state index is 0.0709. The molecule has 0 saturated heterocycles. The number of amides is 1. The summed E-state index contributed by atoms with van der Waals surface area (Å²) >= 11 is 0. The lowest BCUT2D eigenvalue weighted by molar-refractivity contribution is -0.139. The van der Waals surface area contributed by atoms with Crippen LogP contribution in [0.4, 0.5) is 4.79 Å². The van der Waals surface area contributed by atoms with Gasteiger partial charge in [0.25, 0.3) is 0 Å². The van der Waals surface area contributed by atoms with Crippen LogP contribution in [0.1, 0.15) is 28.7 Å².